The van der Waals surface area contributed by atoms with Crippen molar-refractivity contribution in [3.8, 4) is 0 Å². The molecule has 1 aliphatic heterocycles. The number of benzene rings is 2. The second-order valence-electron chi connectivity index (χ2n) is 9.48. The maximum absolute atomic E-state index is 13.1. The van der Waals surface area contributed by atoms with Crippen LogP contribution in [0, 0.1) is 19.8 Å². The van der Waals surface area contributed by atoms with Gasteiger partial charge in [-0.05, 0) is 68.0 Å². The summed E-state index contributed by atoms with van der Waals surface area (Å²) >= 11 is 0. The summed E-state index contributed by atoms with van der Waals surface area (Å²) in [4.78, 5) is 40.3. The van der Waals surface area contributed by atoms with Gasteiger partial charge in [-0.3, -0.25) is 4.90 Å². The predicted molar refractivity (Wildman–Crippen MR) is 142 cm³/mol. The van der Waals surface area contributed by atoms with Gasteiger partial charge in [-0.15, -0.1) is 0 Å². The van der Waals surface area contributed by atoms with Gasteiger partial charge in [0.05, 0.1) is 18.2 Å². The van der Waals surface area contributed by atoms with Crippen molar-refractivity contribution in [2.24, 2.45) is 5.92 Å². The molecule has 0 aromatic heterocycles. The predicted octanol–water partition coefficient (Wildman–Crippen LogP) is 5.90. The minimum Gasteiger partial charge on any atom is -0.462 e. The Morgan fingerprint density at radius 2 is 1.81 bits per heavy atom. The van der Waals surface area contributed by atoms with Gasteiger partial charge in [0.1, 0.15) is 0 Å². The zero-order chi connectivity index (χ0) is 26.4. The number of anilines is 2. The molecule has 0 fully saturated rings. The molecule has 0 saturated carbocycles. The third kappa shape index (κ3) is 6.24. The summed E-state index contributed by atoms with van der Waals surface area (Å²) < 4.78 is 5.55. The van der Waals surface area contributed by atoms with Crippen LogP contribution < -0.4 is 16.0 Å². The van der Waals surface area contributed by atoms with Crippen LogP contribution in [-0.4, -0.2) is 36.1 Å². The highest BCUT2D eigenvalue weighted by atomic mass is 16.5. The average Bonchev–Trinajstić information content (AvgIpc) is 2.83. The van der Waals surface area contributed by atoms with Crippen LogP contribution >= 0.6 is 0 Å². The van der Waals surface area contributed by atoms with Gasteiger partial charge in [-0.25, -0.2) is 14.4 Å². The highest BCUT2D eigenvalue weighted by Gasteiger charge is 2.36. The zero-order valence-corrected chi connectivity index (χ0v) is 21.9. The number of nitrogens with one attached hydrogen (secondary N) is 3. The SMILES string of the molecule is CCCN1C(=O)NC(c2cccc(NC(=O)Nc3cccc(C)c3C)c2)C(C(=O)OCC(C)C)=C1C. The highest BCUT2D eigenvalue weighted by Crippen LogP contribution is 2.32. The molecule has 0 bridgehead atoms. The molecule has 4 amide bonds. The lowest BCUT2D eigenvalue weighted by Gasteiger charge is -2.35. The summed E-state index contributed by atoms with van der Waals surface area (Å²) in [5.41, 5.74) is 4.97. The monoisotopic (exact) mass is 492 g/mol. The smallest absolute Gasteiger partial charge is 0.338 e. The lowest BCUT2D eigenvalue weighted by Crippen LogP contribution is -2.48. The van der Waals surface area contributed by atoms with Crippen LogP contribution in [-0.2, 0) is 9.53 Å². The van der Waals surface area contributed by atoms with Gasteiger partial charge in [0.15, 0.2) is 0 Å². The summed E-state index contributed by atoms with van der Waals surface area (Å²) in [7, 11) is 0. The van der Waals surface area contributed by atoms with E-state index in [9.17, 15) is 14.4 Å². The third-order valence-electron chi connectivity index (χ3n) is 6.14. The molecule has 1 heterocycles. The molecule has 3 N–H and O–H groups in total. The Morgan fingerprint density at radius 1 is 1.08 bits per heavy atom. The largest absolute Gasteiger partial charge is 0.462 e. The van der Waals surface area contributed by atoms with E-state index in [2.05, 4.69) is 16.0 Å². The second kappa shape index (κ2) is 11.7. The number of allylic oxidation sites excluding steroid dienone is 1. The van der Waals surface area contributed by atoms with E-state index < -0.39 is 12.0 Å². The van der Waals surface area contributed by atoms with E-state index in [0.717, 1.165) is 23.2 Å². The fourth-order valence-corrected chi connectivity index (χ4v) is 4.08. The number of nitrogens with zero attached hydrogens (tertiary/aromatic N) is 1. The van der Waals surface area contributed by atoms with Crippen LogP contribution in [0.15, 0.2) is 53.7 Å². The maximum atomic E-state index is 13.1. The number of carbonyl (C=O) groups excluding carboxylic acids is 3. The van der Waals surface area contributed by atoms with Crippen molar-refractivity contribution in [1.82, 2.24) is 10.2 Å². The van der Waals surface area contributed by atoms with Gasteiger partial charge in [-0.2, -0.15) is 0 Å². The number of carbonyl (C=O) groups is 3. The average molecular weight is 493 g/mol. The second-order valence-corrected chi connectivity index (χ2v) is 9.48. The maximum Gasteiger partial charge on any atom is 0.338 e. The Hall–Kier alpha value is -3.81. The normalized spacial score (nSPS) is 15.6. The van der Waals surface area contributed by atoms with Gasteiger partial charge in [-0.1, -0.05) is 45.0 Å². The quantitative estimate of drug-likeness (QED) is 0.400. The first-order valence-corrected chi connectivity index (χ1v) is 12.3. The number of urea groups is 2. The van der Waals surface area contributed by atoms with Crippen molar-refractivity contribution in [1.29, 1.82) is 0 Å². The number of amides is 4. The number of hydrogen-bond donors (Lipinski definition) is 3. The summed E-state index contributed by atoms with van der Waals surface area (Å²) in [5.74, 6) is -0.278. The fraction of sp³-hybridized carbons (Fsp3) is 0.393. The van der Waals surface area contributed by atoms with E-state index in [1.54, 1.807) is 30.0 Å². The van der Waals surface area contributed by atoms with Gasteiger partial charge in [0.25, 0.3) is 0 Å². The number of ether oxygens (including phenoxy) is 1. The molecule has 0 aliphatic carbocycles. The van der Waals surface area contributed by atoms with Gasteiger partial charge in [0, 0.05) is 23.6 Å². The summed E-state index contributed by atoms with van der Waals surface area (Å²) in [6, 6.07) is 11.5. The van der Waals surface area contributed by atoms with Crippen LogP contribution in [0.5, 0.6) is 0 Å². The molecule has 36 heavy (non-hydrogen) atoms. The van der Waals surface area contributed by atoms with Gasteiger partial charge >= 0.3 is 18.0 Å². The van der Waals surface area contributed by atoms with Crippen molar-refractivity contribution in [2.75, 3.05) is 23.8 Å². The topological polar surface area (TPSA) is 99.8 Å². The first-order valence-electron chi connectivity index (χ1n) is 12.3. The van der Waals surface area contributed by atoms with Crippen molar-refractivity contribution in [3.05, 3.63) is 70.4 Å². The van der Waals surface area contributed by atoms with E-state index in [4.69, 9.17) is 4.74 Å². The van der Waals surface area contributed by atoms with Gasteiger partial charge in [0.2, 0.25) is 0 Å². The molecule has 8 nitrogen and oxygen atoms in total. The highest BCUT2D eigenvalue weighted by molar-refractivity contribution is 6.00. The molecular weight excluding hydrogens is 456 g/mol. The molecule has 0 radical (unpaired) electrons. The van der Waals surface area contributed by atoms with Crippen molar-refractivity contribution in [2.45, 2.75) is 54.0 Å². The molecule has 1 aliphatic rings. The molecule has 0 saturated heterocycles. The molecule has 0 spiro atoms. The number of rotatable bonds is 8. The van der Waals surface area contributed by atoms with Crippen molar-refractivity contribution >= 4 is 29.4 Å². The molecule has 8 heteroatoms. The van der Waals surface area contributed by atoms with Crippen molar-refractivity contribution in [3.63, 3.8) is 0 Å². The Balaban J connectivity index is 1.88. The Morgan fingerprint density at radius 3 is 2.50 bits per heavy atom. The van der Waals surface area contributed by atoms with Gasteiger partial charge < -0.3 is 20.7 Å². The van der Waals surface area contributed by atoms with Crippen LogP contribution in [0.2, 0.25) is 0 Å². The standard InChI is InChI=1S/C28H36N4O4/c1-7-14-32-20(6)24(26(33)36-16-17(2)3)25(31-28(32)35)21-11-9-12-22(15-21)29-27(34)30-23-13-8-10-18(4)19(23)5/h8-13,15,17,25H,7,14,16H2,1-6H3,(H,31,35)(H2,29,30,34). The van der Waals surface area contributed by atoms with Crippen molar-refractivity contribution < 1.29 is 19.1 Å². The number of aryl methyl sites for hydroxylation is 1. The van der Waals surface area contributed by atoms with Crippen LogP contribution in [0.25, 0.3) is 0 Å². The Kier molecular flexibility index (Phi) is 8.74. The Labute approximate surface area is 213 Å². The summed E-state index contributed by atoms with van der Waals surface area (Å²) in [5, 5.41) is 8.67. The van der Waals surface area contributed by atoms with E-state index in [1.807, 2.05) is 58.9 Å². The molecule has 1 atom stereocenters. The first kappa shape index (κ1) is 26.8. The molecule has 3 rings (SSSR count). The number of hydrogen-bond acceptors (Lipinski definition) is 4. The lowest BCUT2D eigenvalue weighted by atomic mass is 9.94. The molecule has 2 aromatic rings. The lowest BCUT2D eigenvalue weighted by molar-refractivity contribution is -0.140. The van der Waals surface area contributed by atoms with Crippen LogP contribution in [0.4, 0.5) is 21.0 Å². The Bertz CT molecular complexity index is 1170. The minimum absolute atomic E-state index is 0.182. The first-order chi connectivity index (χ1) is 17.1. The van der Waals surface area contributed by atoms with E-state index in [-0.39, 0.29) is 24.6 Å². The summed E-state index contributed by atoms with van der Waals surface area (Å²) in [6.45, 7) is 12.4. The minimum atomic E-state index is -0.700. The third-order valence-corrected chi connectivity index (χ3v) is 6.14. The number of esters is 1. The van der Waals surface area contributed by atoms with E-state index in [1.165, 1.54) is 0 Å². The zero-order valence-electron chi connectivity index (χ0n) is 21.9. The van der Waals surface area contributed by atoms with E-state index in [0.29, 0.717) is 29.1 Å². The van der Waals surface area contributed by atoms with Crippen LogP contribution in [0.1, 0.15) is 56.8 Å². The fourth-order valence-electron chi connectivity index (χ4n) is 4.08. The summed E-state index contributed by atoms with van der Waals surface area (Å²) in [6.07, 6.45) is 0.749. The molecule has 1 unspecified atom stereocenters. The molecule has 2 aromatic carbocycles. The van der Waals surface area contributed by atoms with E-state index >= 15 is 0 Å². The van der Waals surface area contributed by atoms with Crippen LogP contribution in [0.3, 0.4) is 0 Å². The molecule has 192 valence electrons. The molecular formula is C28H36N4O4.